The third-order valence-electron chi connectivity index (χ3n) is 5.82. The molecule has 10 nitrogen and oxygen atoms in total. The van der Waals surface area contributed by atoms with Crippen LogP contribution in [-0.4, -0.2) is 53.5 Å². The Labute approximate surface area is 222 Å². The van der Waals surface area contributed by atoms with Crippen molar-refractivity contribution < 1.29 is 42.7 Å². The lowest BCUT2D eigenvalue weighted by atomic mass is 10.1. The minimum absolute atomic E-state index is 0.00309. The molecule has 1 amide bonds. The second-order valence-electron chi connectivity index (χ2n) is 9.51. The van der Waals surface area contributed by atoms with Gasteiger partial charge in [-0.25, -0.2) is 4.57 Å². The van der Waals surface area contributed by atoms with Gasteiger partial charge in [-0.05, 0) is 19.3 Å². The third-order valence-corrected chi connectivity index (χ3v) is 6.31. The first-order valence-electron chi connectivity index (χ1n) is 13.9. The van der Waals surface area contributed by atoms with Gasteiger partial charge in [0.2, 0.25) is 5.91 Å². The Kier molecular flexibility index (Phi) is 22.7. The second kappa shape index (κ2) is 23.6. The summed E-state index contributed by atoms with van der Waals surface area (Å²) in [6.45, 7) is 3.54. The molecule has 0 fully saturated rings. The molecule has 0 aromatic carbocycles. The predicted octanol–water partition coefficient (Wildman–Crippen LogP) is 5.34. The molecule has 0 aromatic rings. The summed E-state index contributed by atoms with van der Waals surface area (Å²) in [5, 5.41) is 2.78. The summed E-state index contributed by atoms with van der Waals surface area (Å²) in [4.78, 5) is 52.9. The van der Waals surface area contributed by atoms with E-state index in [9.17, 15) is 18.9 Å². The number of esters is 2. The van der Waals surface area contributed by atoms with E-state index in [1.54, 1.807) is 0 Å². The number of rotatable bonds is 25. The maximum absolute atomic E-state index is 12.1. The average Bonchev–Trinajstić information content (AvgIpc) is 2.82. The highest BCUT2D eigenvalue weighted by Crippen LogP contribution is 2.35. The standard InChI is InChI=1S/C26H50NO9P/c1-3-4-5-6-9-13-16-19-26(30)36-24(22-35-37(31,32)33)21-34-25(29)18-15-12-10-7-8-11-14-17-20-27-23(2)28/h24H,3-22H2,1-2H3,(H,27,28)(H2,31,32,33)/t24-/m1/s1. The number of hydrogen-bond acceptors (Lipinski definition) is 7. The maximum atomic E-state index is 12.1. The van der Waals surface area contributed by atoms with Crippen LogP contribution in [0.5, 0.6) is 0 Å². The van der Waals surface area contributed by atoms with Crippen LogP contribution in [-0.2, 0) is 32.9 Å². The van der Waals surface area contributed by atoms with Crippen molar-refractivity contribution >= 4 is 25.7 Å². The van der Waals surface area contributed by atoms with Gasteiger partial charge >= 0.3 is 19.8 Å². The Bertz CT molecular complexity index is 654. The van der Waals surface area contributed by atoms with Crippen molar-refractivity contribution in [3.63, 3.8) is 0 Å². The van der Waals surface area contributed by atoms with E-state index in [4.69, 9.17) is 19.3 Å². The largest absolute Gasteiger partial charge is 0.469 e. The van der Waals surface area contributed by atoms with Gasteiger partial charge in [0.15, 0.2) is 6.10 Å². The molecule has 218 valence electrons. The summed E-state index contributed by atoms with van der Waals surface area (Å²) in [6, 6.07) is 0. The van der Waals surface area contributed by atoms with Crippen LogP contribution in [0.25, 0.3) is 0 Å². The van der Waals surface area contributed by atoms with Crippen molar-refractivity contribution in [1.82, 2.24) is 5.32 Å². The zero-order valence-corrected chi connectivity index (χ0v) is 23.8. The van der Waals surface area contributed by atoms with E-state index in [1.165, 1.54) is 26.2 Å². The van der Waals surface area contributed by atoms with Crippen LogP contribution < -0.4 is 5.32 Å². The van der Waals surface area contributed by atoms with Crippen LogP contribution in [0, 0.1) is 0 Å². The lowest BCUT2D eigenvalue weighted by Crippen LogP contribution is -2.29. The number of phosphoric acid groups is 1. The van der Waals surface area contributed by atoms with E-state index in [1.807, 2.05) is 0 Å². The highest BCUT2D eigenvalue weighted by atomic mass is 31.2. The molecule has 0 aliphatic carbocycles. The summed E-state index contributed by atoms with van der Waals surface area (Å²) in [5.41, 5.74) is 0. The first-order valence-corrected chi connectivity index (χ1v) is 15.5. The van der Waals surface area contributed by atoms with Crippen molar-refractivity contribution in [3.8, 4) is 0 Å². The molecular weight excluding hydrogens is 501 g/mol. The second-order valence-corrected chi connectivity index (χ2v) is 10.8. The fraction of sp³-hybridized carbons (Fsp3) is 0.885. The summed E-state index contributed by atoms with van der Waals surface area (Å²) in [5.74, 6) is -0.940. The zero-order chi connectivity index (χ0) is 27.8. The summed E-state index contributed by atoms with van der Waals surface area (Å²) >= 11 is 0. The quantitative estimate of drug-likeness (QED) is 0.0776. The van der Waals surface area contributed by atoms with E-state index < -0.39 is 32.5 Å². The molecule has 0 saturated carbocycles. The Morgan fingerprint density at radius 1 is 0.730 bits per heavy atom. The monoisotopic (exact) mass is 551 g/mol. The molecular formula is C26H50NO9P. The molecule has 3 N–H and O–H groups in total. The van der Waals surface area contributed by atoms with Gasteiger partial charge in [-0.3, -0.25) is 18.9 Å². The predicted molar refractivity (Wildman–Crippen MR) is 142 cm³/mol. The molecule has 11 heteroatoms. The molecule has 0 spiro atoms. The average molecular weight is 552 g/mol. The molecule has 0 saturated heterocycles. The Morgan fingerprint density at radius 2 is 1.22 bits per heavy atom. The highest BCUT2D eigenvalue weighted by molar-refractivity contribution is 7.46. The topological polar surface area (TPSA) is 148 Å². The van der Waals surface area contributed by atoms with E-state index in [-0.39, 0.29) is 25.4 Å². The molecule has 0 bridgehead atoms. The van der Waals surface area contributed by atoms with Gasteiger partial charge in [0.05, 0.1) is 6.61 Å². The molecule has 0 heterocycles. The van der Waals surface area contributed by atoms with Crippen molar-refractivity contribution in [2.45, 2.75) is 129 Å². The number of amides is 1. The van der Waals surface area contributed by atoms with Gasteiger partial charge in [-0.15, -0.1) is 0 Å². The minimum Gasteiger partial charge on any atom is -0.462 e. The minimum atomic E-state index is -4.74. The van der Waals surface area contributed by atoms with Gasteiger partial charge in [0.1, 0.15) is 6.61 Å². The van der Waals surface area contributed by atoms with Crippen LogP contribution >= 0.6 is 7.82 Å². The summed E-state index contributed by atoms with van der Waals surface area (Å²) in [7, 11) is -4.74. The first-order chi connectivity index (χ1) is 17.6. The molecule has 0 aliphatic heterocycles. The van der Waals surface area contributed by atoms with Crippen LogP contribution in [0.3, 0.4) is 0 Å². The van der Waals surface area contributed by atoms with Crippen molar-refractivity contribution in [2.75, 3.05) is 19.8 Å². The molecule has 0 unspecified atom stereocenters. The summed E-state index contributed by atoms with van der Waals surface area (Å²) in [6.07, 6.45) is 14.7. The number of ether oxygens (including phenoxy) is 2. The van der Waals surface area contributed by atoms with Gasteiger partial charge in [0, 0.05) is 26.3 Å². The van der Waals surface area contributed by atoms with Gasteiger partial charge in [0.25, 0.3) is 0 Å². The molecule has 0 aromatic heterocycles. The molecule has 0 rings (SSSR count). The van der Waals surface area contributed by atoms with Crippen LogP contribution in [0.2, 0.25) is 0 Å². The molecule has 0 aliphatic rings. The van der Waals surface area contributed by atoms with E-state index in [0.29, 0.717) is 12.8 Å². The molecule has 1 atom stereocenters. The normalized spacial score (nSPS) is 12.2. The van der Waals surface area contributed by atoms with Crippen molar-refractivity contribution in [1.29, 1.82) is 0 Å². The van der Waals surface area contributed by atoms with Crippen molar-refractivity contribution in [3.05, 3.63) is 0 Å². The number of nitrogens with one attached hydrogen (secondary N) is 1. The molecule has 0 radical (unpaired) electrons. The summed E-state index contributed by atoms with van der Waals surface area (Å²) < 4.78 is 25.9. The molecule has 37 heavy (non-hydrogen) atoms. The number of unbranched alkanes of at least 4 members (excludes halogenated alkanes) is 13. The smallest absolute Gasteiger partial charge is 0.462 e. The third kappa shape index (κ3) is 27.4. The van der Waals surface area contributed by atoms with Gasteiger partial charge < -0.3 is 24.6 Å². The van der Waals surface area contributed by atoms with E-state index in [0.717, 1.165) is 70.8 Å². The fourth-order valence-electron chi connectivity index (χ4n) is 3.75. The Morgan fingerprint density at radius 3 is 1.73 bits per heavy atom. The number of phosphoric ester groups is 1. The lowest BCUT2D eigenvalue weighted by molar-refractivity contribution is -0.161. The Balaban J connectivity index is 4.04. The lowest BCUT2D eigenvalue weighted by Gasteiger charge is -2.18. The Hall–Kier alpha value is -1.48. The van der Waals surface area contributed by atoms with Crippen LogP contribution in [0.15, 0.2) is 0 Å². The number of carbonyl (C=O) groups excluding carboxylic acids is 3. The van der Waals surface area contributed by atoms with Gasteiger partial charge in [-0.1, -0.05) is 84.0 Å². The maximum Gasteiger partial charge on any atom is 0.469 e. The van der Waals surface area contributed by atoms with Crippen molar-refractivity contribution in [2.24, 2.45) is 0 Å². The first kappa shape index (κ1) is 35.5. The van der Waals surface area contributed by atoms with E-state index in [2.05, 4.69) is 16.8 Å². The SMILES string of the molecule is CCCCCCCCCC(=O)O[C@H](COC(=O)CCCCCCCCCCNC(C)=O)COP(=O)(O)O. The number of carbonyl (C=O) groups is 3. The zero-order valence-electron chi connectivity index (χ0n) is 22.9. The van der Waals surface area contributed by atoms with Crippen LogP contribution in [0.1, 0.15) is 123 Å². The number of hydrogen-bond donors (Lipinski definition) is 3. The van der Waals surface area contributed by atoms with Gasteiger partial charge in [-0.2, -0.15) is 0 Å². The highest BCUT2D eigenvalue weighted by Gasteiger charge is 2.22. The van der Waals surface area contributed by atoms with Crippen LogP contribution in [0.4, 0.5) is 0 Å². The van der Waals surface area contributed by atoms with E-state index >= 15 is 0 Å². The fourth-order valence-corrected chi connectivity index (χ4v) is 4.11.